The van der Waals surface area contributed by atoms with E-state index in [0.717, 1.165) is 21.2 Å². The van der Waals surface area contributed by atoms with E-state index in [1.807, 2.05) is 12.1 Å². The molecule has 1 unspecified atom stereocenters. The van der Waals surface area contributed by atoms with E-state index in [0.29, 0.717) is 18.6 Å². The van der Waals surface area contributed by atoms with Gasteiger partial charge in [-0.3, -0.25) is 4.79 Å². The third kappa shape index (κ3) is 2.48. The molecule has 0 radical (unpaired) electrons. The number of benzene rings is 1. The molecule has 0 aliphatic carbocycles. The van der Waals surface area contributed by atoms with Crippen LogP contribution < -0.4 is 4.90 Å². The number of hydrogen-bond acceptors (Lipinski definition) is 2. The van der Waals surface area contributed by atoms with Crippen molar-refractivity contribution in [3.8, 4) is 0 Å². The van der Waals surface area contributed by atoms with E-state index >= 15 is 0 Å². The van der Waals surface area contributed by atoms with Crippen molar-refractivity contribution in [2.45, 2.75) is 25.8 Å². The van der Waals surface area contributed by atoms with Gasteiger partial charge in [-0.1, -0.05) is 15.9 Å². The molecule has 0 saturated carbocycles. The van der Waals surface area contributed by atoms with Gasteiger partial charge in [0.05, 0.1) is 5.69 Å². The molecule has 0 aromatic heterocycles. The zero-order valence-electron chi connectivity index (χ0n) is 9.04. The van der Waals surface area contributed by atoms with Crippen LogP contribution in [-0.2, 0) is 4.79 Å². The number of anilines is 1. The first kappa shape index (κ1) is 12.1. The highest BCUT2D eigenvalue weighted by Gasteiger charge is 2.24. The number of piperidine rings is 1. The summed E-state index contributed by atoms with van der Waals surface area (Å²) in [5, 5.41) is 0. The van der Waals surface area contributed by atoms with Crippen LogP contribution in [0, 0.1) is 0 Å². The Hall–Kier alpha value is -0.350. The first-order valence-corrected chi connectivity index (χ1v) is 6.90. The van der Waals surface area contributed by atoms with Crippen LogP contribution in [-0.4, -0.2) is 18.4 Å². The molecule has 86 valence electrons. The van der Waals surface area contributed by atoms with Crippen LogP contribution in [0.1, 0.15) is 19.8 Å². The van der Waals surface area contributed by atoms with Crippen LogP contribution in [0.25, 0.3) is 0 Å². The summed E-state index contributed by atoms with van der Waals surface area (Å²) in [7, 11) is 0. The van der Waals surface area contributed by atoms with E-state index in [4.69, 9.17) is 0 Å². The summed E-state index contributed by atoms with van der Waals surface area (Å²) in [6.07, 6.45) is 1.31. The zero-order valence-corrected chi connectivity index (χ0v) is 12.2. The molecular weight excluding hydrogens is 334 g/mol. The largest absolute Gasteiger partial charge is 0.367 e. The number of carbonyl (C=O) groups excluding carboxylic acids is 1. The van der Waals surface area contributed by atoms with Gasteiger partial charge in [-0.05, 0) is 41.1 Å². The van der Waals surface area contributed by atoms with Gasteiger partial charge in [0, 0.05) is 34.4 Å². The van der Waals surface area contributed by atoms with Crippen molar-refractivity contribution in [3.63, 3.8) is 0 Å². The van der Waals surface area contributed by atoms with E-state index in [1.54, 1.807) is 0 Å². The van der Waals surface area contributed by atoms with Gasteiger partial charge in [0.2, 0.25) is 0 Å². The molecule has 2 rings (SSSR count). The maximum absolute atomic E-state index is 11.4. The molecule has 0 spiro atoms. The fraction of sp³-hybridized carbons (Fsp3) is 0.417. The summed E-state index contributed by atoms with van der Waals surface area (Å²) in [5.74, 6) is 0.370. The SMILES string of the molecule is CC1CC(=O)CCN1c1cc(Br)ccc1Br. The van der Waals surface area contributed by atoms with Crippen LogP contribution in [0.5, 0.6) is 0 Å². The maximum atomic E-state index is 11.4. The Morgan fingerprint density at radius 2 is 2.12 bits per heavy atom. The molecule has 1 aromatic carbocycles. The average molecular weight is 347 g/mol. The van der Waals surface area contributed by atoms with Gasteiger partial charge in [-0.2, -0.15) is 0 Å². The van der Waals surface area contributed by atoms with E-state index in [1.165, 1.54) is 0 Å². The van der Waals surface area contributed by atoms with Crippen molar-refractivity contribution in [1.29, 1.82) is 0 Å². The summed E-state index contributed by atoms with van der Waals surface area (Å²) in [6.45, 7) is 2.92. The number of ketones is 1. The molecule has 1 saturated heterocycles. The second-order valence-electron chi connectivity index (χ2n) is 4.13. The van der Waals surface area contributed by atoms with Gasteiger partial charge >= 0.3 is 0 Å². The predicted molar refractivity (Wildman–Crippen MR) is 72.9 cm³/mol. The Kier molecular flexibility index (Phi) is 3.70. The molecule has 1 atom stereocenters. The molecular formula is C12H13Br2NO. The molecule has 0 bridgehead atoms. The number of hydrogen-bond donors (Lipinski definition) is 0. The Balaban J connectivity index is 2.29. The number of carbonyl (C=O) groups is 1. The third-order valence-corrected chi connectivity index (χ3v) is 4.07. The number of nitrogens with zero attached hydrogens (tertiary/aromatic N) is 1. The minimum Gasteiger partial charge on any atom is -0.367 e. The second kappa shape index (κ2) is 4.88. The number of Topliss-reactive ketones (excluding diaryl/α,β-unsaturated/α-hetero) is 1. The summed E-state index contributed by atoms with van der Waals surface area (Å²) < 4.78 is 2.15. The maximum Gasteiger partial charge on any atom is 0.136 e. The Morgan fingerprint density at radius 3 is 2.81 bits per heavy atom. The quantitative estimate of drug-likeness (QED) is 0.771. The first-order chi connectivity index (χ1) is 7.58. The molecule has 0 N–H and O–H groups in total. The Bertz CT molecular complexity index is 419. The molecule has 1 heterocycles. The lowest BCUT2D eigenvalue weighted by Gasteiger charge is -2.35. The van der Waals surface area contributed by atoms with Gasteiger partial charge in [0.15, 0.2) is 0 Å². The highest BCUT2D eigenvalue weighted by molar-refractivity contribution is 9.11. The van der Waals surface area contributed by atoms with Crippen molar-refractivity contribution in [2.75, 3.05) is 11.4 Å². The topological polar surface area (TPSA) is 20.3 Å². The van der Waals surface area contributed by atoms with E-state index in [-0.39, 0.29) is 6.04 Å². The minimum atomic E-state index is 0.284. The van der Waals surface area contributed by atoms with Crippen LogP contribution >= 0.6 is 31.9 Å². The monoisotopic (exact) mass is 345 g/mol. The minimum absolute atomic E-state index is 0.284. The van der Waals surface area contributed by atoms with Gasteiger partial charge in [0.25, 0.3) is 0 Å². The van der Waals surface area contributed by atoms with Crippen LogP contribution in [0.3, 0.4) is 0 Å². The summed E-state index contributed by atoms with van der Waals surface area (Å²) in [5.41, 5.74) is 1.16. The fourth-order valence-corrected chi connectivity index (χ4v) is 2.89. The summed E-state index contributed by atoms with van der Waals surface area (Å²) in [6, 6.07) is 6.42. The lowest BCUT2D eigenvalue weighted by molar-refractivity contribution is -0.120. The van der Waals surface area contributed by atoms with Crippen LogP contribution in [0.2, 0.25) is 0 Å². The molecule has 1 aromatic rings. The smallest absolute Gasteiger partial charge is 0.136 e. The molecule has 0 amide bonds. The molecule has 1 aliphatic rings. The Labute approximate surface area is 112 Å². The Morgan fingerprint density at radius 1 is 1.38 bits per heavy atom. The van der Waals surface area contributed by atoms with E-state index in [2.05, 4.69) is 49.7 Å². The van der Waals surface area contributed by atoms with Gasteiger partial charge in [-0.15, -0.1) is 0 Å². The summed E-state index contributed by atoms with van der Waals surface area (Å²) >= 11 is 7.04. The molecule has 16 heavy (non-hydrogen) atoms. The van der Waals surface area contributed by atoms with Crippen molar-refractivity contribution in [2.24, 2.45) is 0 Å². The van der Waals surface area contributed by atoms with Crippen molar-refractivity contribution >= 4 is 43.3 Å². The number of rotatable bonds is 1. The summed E-state index contributed by atoms with van der Waals surface area (Å²) in [4.78, 5) is 13.6. The normalized spacial score (nSPS) is 21.3. The lowest BCUT2D eigenvalue weighted by atomic mass is 10.0. The highest BCUT2D eigenvalue weighted by atomic mass is 79.9. The van der Waals surface area contributed by atoms with Gasteiger partial charge in [0.1, 0.15) is 5.78 Å². The fourth-order valence-electron chi connectivity index (χ4n) is 2.07. The van der Waals surface area contributed by atoms with Gasteiger partial charge < -0.3 is 4.90 Å². The second-order valence-corrected chi connectivity index (χ2v) is 5.90. The molecule has 4 heteroatoms. The standard InChI is InChI=1S/C12H13Br2NO/c1-8-6-10(16)4-5-15(8)12-7-9(13)2-3-11(12)14/h2-3,7-8H,4-6H2,1H3. The van der Waals surface area contributed by atoms with Gasteiger partial charge in [-0.25, -0.2) is 0 Å². The molecule has 1 aliphatic heterocycles. The van der Waals surface area contributed by atoms with Crippen molar-refractivity contribution < 1.29 is 4.79 Å². The highest BCUT2D eigenvalue weighted by Crippen LogP contribution is 2.32. The predicted octanol–water partition coefficient (Wildman–Crippen LogP) is 3.77. The van der Waals surface area contributed by atoms with Crippen LogP contribution in [0.4, 0.5) is 5.69 Å². The van der Waals surface area contributed by atoms with E-state index in [9.17, 15) is 4.79 Å². The van der Waals surface area contributed by atoms with Crippen LogP contribution in [0.15, 0.2) is 27.1 Å². The first-order valence-electron chi connectivity index (χ1n) is 5.31. The third-order valence-electron chi connectivity index (χ3n) is 2.90. The van der Waals surface area contributed by atoms with Crippen molar-refractivity contribution in [1.82, 2.24) is 0 Å². The molecule has 1 fully saturated rings. The molecule has 2 nitrogen and oxygen atoms in total. The zero-order chi connectivity index (χ0) is 11.7. The van der Waals surface area contributed by atoms with E-state index < -0.39 is 0 Å². The average Bonchev–Trinajstić information content (AvgIpc) is 2.22. The van der Waals surface area contributed by atoms with Crippen molar-refractivity contribution in [3.05, 3.63) is 27.1 Å². The number of halogens is 2. The lowest BCUT2D eigenvalue weighted by Crippen LogP contribution is -2.41.